The molecule has 0 saturated heterocycles. The number of nitrogens with one attached hydrogen (secondary N) is 2. The molecule has 0 spiro atoms. The third-order valence-electron chi connectivity index (χ3n) is 2.99. The summed E-state index contributed by atoms with van der Waals surface area (Å²) in [6, 6.07) is 0.641. The van der Waals surface area contributed by atoms with Gasteiger partial charge in [0.1, 0.15) is 0 Å². The zero-order chi connectivity index (χ0) is 13.1. The van der Waals surface area contributed by atoms with E-state index in [1.54, 1.807) is 0 Å². The van der Waals surface area contributed by atoms with E-state index in [2.05, 4.69) is 20.2 Å². The fraction of sp³-hybridized carbons (Fsp3) is 0.545. The maximum Gasteiger partial charge on any atom is 0.354 e. The van der Waals surface area contributed by atoms with Crippen LogP contribution in [0.25, 0.3) is 0 Å². The van der Waals surface area contributed by atoms with Gasteiger partial charge in [0.2, 0.25) is 0 Å². The van der Waals surface area contributed by atoms with Gasteiger partial charge < -0.3 is 20.3 Å². The van der Waals surface area contributed by atoms with Crippen molar-refractivity contribution in [2.45, 2.75) is 18.9 Å². The standard InChI is InChI=1S/C11H16N4O3/c1-15(7-2-3-7)5-4-12-10(16)8-9(11(17)18)14-6-13-8/h6-7H,2-5H2,1H3,(H,12,16)(H,13,14)(H,17,18). The van der Waals surface area contributed by atoms with Crippen molar-refractivity contribution in [2.24, 2.45) is 0 Å². The Labute approximate surface area is 104 Å². The molecule has 0 atom stereocenters. The first-order chi connectivity index (χ1) is 8.59. The summed E-state index contributed by atoms with van der Waals surface area (Å²) in [7, 11) is 2.01. The second-order valence-corrected chi connectivity index (χ2v) is 4.40. The minimum absolute atomic E-state index is 0.0726. The molecular formula is C11H16N4O3. The van der Waals surface area contributed by atoms with E-state index in [0.29, 0.717) is 12.6 Å². The number of rotatable bonds is 6. The monoisotopic (exact) mass is 252 g/mol. The topological polar surface area (TPSA) is 98.3 Å². The minimum atomic E-state index is -1.19. The fourth-order valence-corrected chi connectivity index (χ4v) is 1.76. The summed E-state index contributed by atoms with van der Waals surface area (Å²) in [4.78, 5) is 30.9. The van der Waals surface area contributed by atoms with Crippen molar-refractivity contribution in [3.8, 4) is 0 Å². The Balaban J connectivity index is 1.83. The number of hydrogen-bond donors (Lipinski definition) is 3. The molecule has 0 aliphatic heterocycles. The number of carboxylic acid groups (broad SMARTS) is 1. The molecule has 1 amide bonds. The Kier molecular flexibility index (Phi) is 3.61. The van der Waals surface area contributed by atoms with Gasteiger partial charge in [-0.2, -0.15) is 0 Å². The summed E-state index contributed by atoms with van der Waals surface area (Å²) in [5.41, 5.74) is -0.250. The second kappa shape index (κ2) is 5.18. The Morgan fingerprint density at radius 3 is 2.94 bits per heavy atom. The van der Waals surface area contributed by atoms with Crippen molar-refractivity contribution in [2.75, 3.05) is 20.1 Å². The first kappa shape index (κ1) is 12.6. The molecule has 18 heavy (non-hydrogen) atoms. The first-order valence-corrected chi connectivity index (χ1v) is 5.84. The number of carboxylic acids is 1. The molecule has 0 radical (unpaired) electrons. The van der Waals surface area contributed by atoms with Gasteiger partial charge in [0, 0.05) is 19.1 Å². The quantitative estimate of drug-likeness (QED) is 0.658. The molecule has 0 unspecified atom stereocenters. The molecule has 1 heterocycles. The zero-order valence-electron chi connectivity index (χ0n) is 10.1. The smallest absolute Gasteiger partial charge is 0.354 e. The van der Waals surface area contributed by atoms with Gasteiger partial charge in [-0.15, -0.1) is 0 Å². The highest BCUT2D eigenvalue weighted by molar-refractivity contribution is 6.02. The van der Waals surface area contributed by atoms with Gasteiger partial charge in [0.25, 0.3) is 5.91 Å². The molecule has 2 rings (SSSR count). The summed E-state index contributed by atoms with van der Waals surface area (Å²) in [6.07, 6.45) is 3.63. The Hall–Kier alpha value is -1.89. The van der Waals surface area contributed by atoms with E-state index in [1.165, 1.54) is 19.2 Å². The molecular weight excluding hydrogens is 236 g/mol. The summed E-state index contributed by atoms with van der Waals surface area (Å²) < 4.78 is 0. The van der Waals surface area contributed by atoms with E-state index in [4.69, 9.17) is 5.11 Å². The number of imidazole rings is 1. The number of aromatic amines is 1. The van der Waals surface area contributed by atoms with E-state index < -0.39 is 11.9 Å². The van der Waals surface area contributed by atoms with Crippen LogP contribution in [0.4, 0.5) is 0 Å². The fourth-order valence-electron chi connectivity index (χ4n) is 1.76. The molecule has 1 aromatic heterocycles. The number of amides is 1. The lowest BCUT2D eigenvalue weighted by atomic mass is 10.3. The van der Waals surface area contributed by atoms with Crippen LogP contribution in [0.2, 0.25) is 0 Å². The van der Waals surface area contributed by atoms with Crippen LogP contribution in [0.15, 0.2) is 6.33 Å². The molecule has 1 saturated carbocycles. The summed E-state index contributed by atoms with van der Waals surface area (Å²) in [5.74, 6) is -1.65. The van der Waals surface area contributed by atoms with Crippen molar-refractivity contribution in [3.63, 3.8) is 0 Å². The lowest BCUT2D eigenvalue weighted by molar-refractivity contribution is 0.0685. The Morgan fingerprint density at radius 2 is 2.33 bits per heavy atom. The van der Waals surface area contributed by atoms with Crippen molar-refractivity contribution in [3.05, 3.63) is 17.7 Å². The van der Waals surface area contributed by atoms with Crippen LogP contribution in [0.3, 0.4) is 0 Å². The van der Waals surface area contributed by atoms with Crippen molar-refractivity contribution in [1.29, 1.82) is 0 Å². The van der Waals surface area contributed by atoms with Crippen LogP contribution in [0.1, 0.15) is 33.8 Å². The molecule has 98 valence electrons. The van der Waals surface area contributed by atoms with Gasteiger partial charge in [-0.1, -0.05) is 0 Å². The zero-order valence-corrected chi connectivity index (χ0v) is 10.1. The van der Waals surface area contributed by atoms with Crippen LogP contribution in [-0.4, -0.2) is 58.0 Å². The largest absolute Gasteiger partial charge is 0.477 e. The van der Waals surface area contributed by atoms with Gasteiger partial charge in [-0.25, -0.2) is 9.78 Å². The third-order valence-corrected chi connectivity index (χ3v) is 2.99. The highest BCUT2D eigenvalue weighted by atomic mass is 16.4. The van der Waals surface area contributed by atoms with Crippen molar-refractivity contribution >= 4 is 11.9 Å². The SMILES string of the molecule is CN(CCNC(=O)c1nc[nH]c1C(=O)O)C1CC1. The number of aromatic carboxylic acids is 1. The lowest BCUT2D eigenvalue weighted by Crippen LogP contribution is -2.34. The summed E-state index contributed by atoms with van der Waals surface area (Å²) in [6.45, 7) is 1.24. The van der Waals surface area contributed by atoms with Crippen LogP contribution in [0.5, 0.6) is 0 Å². The molecule has 7 heteroatoms. The predicted molar refractivity (Wildman–Crippen MR) is 63.5 cm³/mol. The number of H-pyrrole nitrogens is 1. The van der Waals surface area contributed by atoms with E-state index in [-0.39, 0.29) is 11.4 Å². The molecule has 0 bridgehead atoms. The van der Waals surface area contributed by atoms with E-state index >= 15 is 0 Å². The lowest BCUT2D eigenvalue weighted by Gasteiger charge is -2.15. The van der Waals surface area contributed by atoms with Crippen LogP contribution >= 0.6 is 0 Å². The minimum Gasteiger partial charge on any atom is -0.477 e. The maximum atomic E-state index is 11.7. The van der Waals surface area contributed by atoms with Gasteiger partial charge in [0.05, 0.1) is 6.33 Å². The molecule has 7 nitrogen and oxygen atoms in total. The number of carbonyl (C=O) groups is 2. The molecule has 1 aliphatic rings. The van der Waals surface area contributed by atoms with Gasteiger partial charge in [-0.05, 0) is 19.9 Å². The average Bonchev–Trinajstić information content (AvgIpc) is 3.05. The number of aromatic nitrogens is 2. The third kappa shape index (κ3) is 2.86. The highest BCUT2D eigenvalue weighted by Gasteiger charge is 2.26. The van der Waals surface area contributed by atoms with Gasteiger partial charge >= 0.3 is 5.97 Å². The number of carbonyl (C=O) groups excluding carboxylic acids is 1. The number of likely N-dealkylation sites (N-methyl/N-ethyl adjacent to an activating group) is 1. The van der Waals surface area contributed by atoms with Crippen LogP contribution in [0, 0.1) is 0 Å². The van der Waals surface area contributed by atoms with Crippen molar-refractivity contribution in [1.82, 2.24) is 20.2 Å². The Morgan fingerprint density at radius 1 is 1.61 bits per heavy atom. The molecule has 1 fully saturated rings. The first-order valence-electron chi connectivity index (χ1n) is 5.84. The van der Waals surface area contributed by atoms with Gasteiger partial charge in [-0.3, -0.25) is 4.79 Å². The van der Waals surface area contributed by atoms with E-state index in [0.717, 1.165) is 6.54 Å². The summed E-state index contributed by atoms with van der Waals surface area (Å²) >= 11 is 0. The predicted octanol–water partition coefficient (Wildman–Crippen LogP) is -0.0681. The van der Waals surface area contributed by atoms with Crippen molar-refractivity contribution < 1.29 is 14.7 Å². The number of nitrogens with zero attached hydrogens (tertiary/aromatic N) is 2. The Bertz CT molecular complexity index is 453. The normalized spacial score (nSPS) is 14.8. The molecule has 1 aliphatic carbocycles. The van der Waals surface area contributed by atoms with E-state index in [9.17, 15) is 9.59 Å². The second-order valence-electron chi connectivity index (χ2n) is 4.40. The molecule has 0 aromatic carbocycles. The van der Waals surface area contributed by atoms with E-state index in [1.807, 2.05) is 7.05 Å². The number of hydrogen-bond acceptors (Lipinski definition) is 4. The maximum absolute atomic E-state index is 11.7. The average molecular weight is 252 g/mol. The molecule has 3 N–H and O–H groups in total. The van der Waals surface area contributed by atoms with Gasteiger partial charge in [0.15, 0.2) is 11.4 Å². The summed E-state index contributed by atoms with van der Waals surface area (Å²) in [5, 5.41) is 11.5. The molecule has 1 aromatic rings. The van der Waals surface area contributed by atoms with Crippen LogP contribution in [-0.2, 0) is 0 Å². The highest BCUT2D eigenvalue weighted by Crippen LogP contribution is 2.24. The van der Waals surface area contributed by atoms with Crippen LogP contribution < -0.4 is 5.32 Å².